The van der Waals surface area contributed by atoms with Crippen molar-refractivity contribution in [3.05, 3.63) is 161 Å². The number of aliphatic hydroxyl groups is 1. The van der Waals surface area contributed by atoms with Crippen molar-refractivity contribution in [2.75, 3.05) is 5.75 Å². The summed E-state index contributed by atoms with van der Waals surface area (Å²) >= 11 is 1.43. The Labute approximate surface area is 328 Å². The molecule has 0 aromatic heterocycles. The van der Waals surface area contributed by atoms with Crippen LogP contribution in [0.2, 0.25) is 0 Å². The highest BCUT2D eigenvalue weighted by Crippen LogP contribution is 2.40. The largest absolute Gasteiger partial charge is 0.478 e. The van der Waals surface area contributed by atoms with Gasteiger partial charge in [0.05, 0.1) is 37.3 Å². The first kappa shape index (κ1) is 38.5. The van der Waals surface area contributed by atoms with E-state index in [2.05, 4.69) is 5.32 Å². The minimum absolute atomic E-state index is 0.0477. The van der Waals surface area contributed by atoms with Gasteiger partial charge in [0.2, 0.25) is 5.91 Å². The molecular weight excluding hydrogens is 733 g/mol. The monoisotopic (exact) mass is 772 g/mol. The van der Waals surface area contributed by atoms with E-state index < -0.39 is 30.3 Å². The number of thioether (sulfide) groups is 1. The average Bonchev–Trinajstić information content (AvgIpc) is 3.49. The lowest BCUT2D eigenvalue weighted by molar-refractivity contribution is -0.245. The summed E-state index contributed by atoms with van der Waals surface area (Å²) in [5.74, 6) is -1.34. The number of imide groups is 1. The summed E-state index contributed by atoms with van der Waals surface area (Å²) in [4.78, 5) is 52.1. The molecule has 0 aliphatic carbocycles. The fourth-order valence-electron chi connectivity index (χ4n) is 6.71. The molecule has 2 aliphatic rings. The highest BCUT2D eigenvalue weighted by atomic mass is 32.2. The van der Waals surface area contributed by atoms with E-state index >= 15 is 0 Å². The molecule has 4 atom stereocenters. The third-order valence-corrected chi connectivity index (χ3v) is 10.9. The zero-order valence-electron chi connectivity index (χ0n) is 30.3. The number of carbonyl (C=O) groups is 4. The predicted octanol–water partition coefficient (Wildman–Crippen LogP) is 7.44. The van der Waals surface area contributed by atoms with Gasteiger partial charge in [-0.2, -0.15) is 0 Å². The van der Waals surface area contributed by atoms with Crippen molar-refractivity contribution in [2.45, 2.75) is 62.0 Å². The zero-order chi connectivity index (χ0) is 39.0. The zero-order valence-corrected chi connectivity index (χ0v) is 31.1. The molecule has 2 aliphatic heterocycles. The maximum absolute atomic E-state index is 13.2. The minimum atomic E-state index is -0.996. The van der Waals surface area contributed by atoms with Gasteiger partial charge in [-0.15, -0.1) is 11.8 Å². The fraction of sp³-hybridized carbons (Fsp3) is 0.227. The van der Waals surface area contributed by atoms with Gasteiger partial charge < -0.3 is 29.7 Å². The number of carbonyl (C=O) groups excluding carboxylic acids is 3. The number of carboxylic acids is 1. The summed E-state index contributed by atoms with van der Waals surface area (Å²) in [6, 6.07) is 38.1. The van der Waals surface area contributed by atoms with Crippen molar-refractivity contribution >= 4 is 35.6 Å². The smallest absolute Gasteiger partial charge is 0.408 e. The van der Waals surface area contributed by atoms with Crippen LogP contribution in [-0.2, 0) is 43.6 Å². The molecule has 2 saturated heterocycles. The maximum atomic E-state index is 13.2. The molecular formula is C44H40N2O9S. The van der Waals surface area contributed by atoms with Gasteiger partial charge >= 0.3 is 12.1 Å². The summed E-state index contributed by atoms with van der Waals surface area (Å²) in [5, 5.41) is 21.8. The molecule has 3 N–H and O–H groups in total. The molecule has 0 bridgehead atoms. The highest BCUT2D eigenvalue weighted by molar-refractivity contribution is 7.99. The first-order valence-corrected chi connectivity index (χ1v) is 19.2. The average molecular weight is 773 g/mol. The minimum Gasteiger partial charge on any atom is -0.478 e. The Morgan fingerprint density at radius 1 is 0.786 bits per heavy atom. The van der Waals surface area contributed by atoms with E-state index in [-0.39, 0.29) is 49.9 Å². The summed E-state index contributed by atoms with van der Waals surface area (Å²) in [6.45, 7) is 0.0447. The van der Waals surface area contributed by atoms with Crippen LogP contribution in [0.15, 0.2) is 132 Å². The third kappa shape index (κ3) is 9.35. The van der Waals surface area contributed by atoms with Crippen molar-refractivity contribution < 1.29 is 43.6 Å². The van der Waals surface area contributed by atoms with E-state index in [1.165, 1.54) is 11.8 Å². The Morgan fingerprint density at radius 2 is 1.50 bits per heavy atom. The van der Waals surface area contributed by atoms with Crippen LogP contribution >= 0.6 is 11.8 Å². The summed E-state index contributed by atoms with van der Waals surface area (Å²) in [6.07, 6.45) is -1.61. The second kappa shape index (κ2) is 17.8. The molecule has 0 spiro atoms. The number of likely N-dealkylation sites (tertiary alicyclic amines) is 1. The summed E-state index contributed by atoms with van der Waals surface area (Å²) in [5.41, 5.74) is 6.13. The van der Waals surface area contributed by atoms with E-state index in [0.29, 0.717) is 17.1 Å². The number of amides is 3. The SMILES string of the molecule is O=C(NC1CC(=O)N(Cc2cccc(-c3ccc([C@H]4O[C@@H](CSc5ccccc5C(=O)O)C[C@@H](c5ccc(CO)cc5)O4)cc3)c2)C1=O)OCc1ccccc1. The van der Waals surface area contributed by atoms with Gasteiger partial charge in [-0.3, -0.25) is 14.5 Å². The van der Waals surface area contributed by atoms with E-state index in [4.69, 9.17) is 14.2 Å². The number of ether oxygens (including phenoxy) is 3. The number of hydrogen-bond acceptors (Lipinski definition) is 9. The van der Waals surface area contributed by atoms with Crippen molar-refractivity contribution in [1.29, 1.82) is 0 Å². The van der Waals surface area contributed by atoms with Gasteiger partial charge in [-0.25, -0.2) is 9.59 Å². The number of aliphatic hydroxyl groups excluding tert-OH is 1. The van der Waals surface area contributed by atoms with Crippen molar-refractivity contribution in [2.24, 2.45) is 0 Å². The van der Waals surface area contributed by atoms with Crippen LogP contribution < -0.4 is 5.32 Å². The lowest BCUT2D eigenvalue weighted by atomic mass is 9.99. The predicted molar refractivity (Wildman–Crippen MR) is 208 cm³/mol. The van der Waals surface area contributed by atoms with Gasteiger partial charge in [0, 0.05) is 22.6 Å². The number of nitrogens with zero attached hydrogens (tertiary/aromatic N) is 1. The quantitative estimate of drug-likeness (QED) is 0.0814. The molecule has 2 fully saturated rings. The molecule has 0 radical (unpaired) electrons. The lowest BCUT2D eigenvalue weighted by Gasteiger charge is -2.36. The first-order chi connectivity index (χ1) is 27.2. The van der Waals surface area contributed by atoms with Gasteiger partial charge in [0.15, 0.2) is 6.29 Å². The van der Waals surface area contributed by atoms with Crippen LogP contribution in [0.1, 0.15) is 63.4 Å². The second-order valence-electron chi connectivity index (χ2n) is 13.6. The Morgan fingerprint density at radius 3 is 2.25 bits per heavy atom. The molecule has 5 aromatic carbocycles. The van der Waals surface area contributed by atoms with Crippen LogP contribution in [0.5, 0.6) is 0 Å². The number of hydrogen-bond donors (Lipinski definition) is 3. The Kier molecular flexibility index (Phi) is 12.2. The third-order valence-electron chi connectivity index (χ3n) is 9.69. The summed E-state index contributed by atoms with van der Waals surface area (Å²) < 4.78 is 18.2. The van der Waals surface area contributed by atoms with E-state index in [0.717, 1.165) is 43.8 Å². The van der Waals surface area contributed by atoms with Gasteiger partial charge in [0.25, 0.3) is 5.91 Å². The number of aromatic carboxylic acids is 1. The molecule has 3 amide bonds. The number of alkyl carbamates (subject to hydrolysis) is 1. The maximum Gasteiger partial charge on any atom is 0.408 e. The van der Waals surface area contributed by atoms with E-state index in [1.54, 1.807) is 18.2 Å². The molecule has 1 unspecified atom stereocenters. The fourth-order valence-corrected chi connectivity index (χ4v) is 7.77. The van der Waals surface area contributed by atoms with E-state index in [1.807, 2.05) is 109 Å². The lowest BCUT2D eigenvalue weighted by Crippen LogP contribution is -2.41. The molecule has 56 heavy (non-hydrogen) atoms. The van der Waals surface area contributed by atoms with Crippen LogP contribution in [0.4, 0.5) is 4.79 Å². The molecule has 11 nitrogen and oxygen atoms in total. The van der Waals surface area contributed by atoms with Crippen molar-refractivity contribution in [1.82, 2.24) is 10.2 Å². The molecule has 2 heterocycles. The van der Waals surface area contributed by atoms with Crippen LogP contribution in [0, 0.1) is 0 Å². The summed E-state index contributed by atoms with van der Waals surface area (Å²) in [7, 11) is 0. The standard InChI is InChI=1S/C44H40N2O9S/c47-25-28-13-15-32(16-14-28)38-22-35(27-56-39-12-5-4-11-36(39)42(50)51)54-43(55-38)33-19-17-31(18-20-33)34-10-6-9-30(21-34)24-46-40(48)23-37(41(46)49)45-44(52)53-26-29-7-2-1-3-8-29/h1-21,35,37-38,43,47H,22-27H2,(H,45,52)(H,50,51)/t35-,37?,38+,43+/m1/s1. The van der Waals surface area contributed by atoms with Crippen LogP contribution in [-0.4, -0.2) is 56.9 Å². The second-order valence-corrected chi connectivity index (χ2v) is 14.6. The van der Waals surface area contributed by atoms with Gasteiger partial charge in [-0.05, 0) is 51.6 Å². The first-order valence-electron chi connectivity index (χ1n) is 18.2. The van der Waals surface area contributed by atoms with Crippen LogP contribution in [0.25, 0.3) is 11.1 Å². The number of benzene rings is 5. The number of carboxylic acid groups (broad SMARTS) is 1. The molecule has 286 valence electrons. The molecule has 5 aromatic rings. The Balaban J connectivity index is 1.01. The Bertz CT molecular complexity index is 2180. The highest BCUT2D eigenvalue weighted by Gasteiger charge is 2.40. The molecule has 0 saturated carbocycles. The normalized spacial score (nSPS) is 19.5. The van der Waals surface area contributed by atoms with Crippen molar-refractivity contribution in [3.8, 4) is 11.1 Å². The van der Waals surface area contributed by atoms with Crippen LogP contribution in [0.3, 0.4) is 0 Å². The molecule has 12 heteroatoms. The topological polar surface area (TPSA) is 152 Å². The number of nitrogens with one attached hydrogen (secondary N) is 1. The Hall–Kier alpha value is -5.79. The van der Waals surface area contributed by atoms with E-state index in [9.17, 15) is 29.4 Å². The van der Waals surface area contributed by atoms with Crippen molar-refractivity contribution in [3.63, 3.8) is 0 Å². The van der Waals surface area contributed by atoms with Gasteiger partial charge in [0.1, 0.15) is 12.6 Å². The number of rotatable bonds is 13. The molecule has 7 rings (SSSR count). The van der Waals surface area contributed by atoms with Gasteiger partial charge in [-0.1, -0.05) is 109 Å².